The van der Waals surface area contributed by atoms with Crippen LogP contribution >= 0.6 is 0 Å². The first kappa shape index (κ1) is 9.41. The van der Waals surface area contributed by atoms with Gasteiger partial charge < -0.3 is 10.8 Å². The third-order valence-corrected chi connectivity index (χ3v) is 0.855. The molecule has 1 amide bonds. The summed E-state index contributed by atoms with van der Waals surface area (Å²) >= 11 is 0. The van der Waals surface area contributed by atoms with Crippen molar-refractivity contribution in [2.75, 3.05) is 0 Å². The van der Waals surface area contributed by atoms with E-state index in [-0.39, 0.29) is 0 Å². The highest BCUT2D eigenvalue weighted by atomic mass is 16.4. The van der Waals surface area contributed by atoms with Crippen LogP contribution in [0.4, 0.5) is 0 Å². The molecule has 0 saturated carbocycles. The van der Waals surface area contributed by atoms with Gasteiger partial charge in [-0.3, -0.25) is 9.59 Å². The number of carboxylic acid groups (broad SMARTS) is 1. The van der Waals surface area contributed by atoms with Crippen molar-refractivity contribution in [1.29, 1.82) is 0 Å². The minimum atomic E-state index is -1.25. The van der Waals surface area contributed by atoms with Crippen molar-refractivity contribution in [3.63, 3.8) is 0 Å². The third-order valence-electron chi connectivity index (χ3n) is 0.855. The number of carbonyl (C=O) groups excluding carboxylic acids is 1. The molecule has 1 atom stereocenters. The lowest BCUT2D eigenvalue weighted by molar-refractivity contribution is -0.139. The van der Waals surface area contributed by atoms with Gasteiger partial charge in [0.2, 0.25) is 5.91 Å². The fourth-order valence-electron chi connectivity index (χ4n) is 0.394. The maximum atomic E-state index is 10.5. The molecule has 0 unspecified atom stereocenters. The fourth-order valence-corrected chi connectivity index (χ4v) is 0.394. The zero-order valence-electron chi connectivity index (χ0n) is 5.47. The Labute approximate surface area is 61.4 Å². The highest BCUT2D eigenvalue weighted by Gasteiger charge is 2.14. The van der Waals surface area contributed by atoms with Gasteiger partial charge in [0.15, 0.2) is 0 Å². The number of carboxylic acids is 1. The van der Waals surface area contributed by atoms with Crippen molar-refractivity contribution in [2.24, 2.45) is 10.8 Å². The van der Waals surface area contributed by atoms with E-state index in [9.17, 15) is 9.59 Å². The summed E-state index contributed by atoms with van der Waals surface area (Å²) in [5, 5.41) is 10.8. The van der Waals surface area contributed by atoms with Crippen molar-refractivity contribution in [2.45, 2.75) is 12.5 Å². The molecule has 3 N–H and O–H groups in total. The Morgan fingerprint density at radius 3 is 2.64 bits per heavy atom. The molecule has 0 saturated heterocycles. The molecule has 11 heavy (non-hydrogen) atoms. The van der Waals surface area contributed by atoms with Crippen molar-refractivity contribution in [3.8, 4) is 0 Å². The van der Waals surface area contributed by atoms with Crippen molar-refractivity contribution >= 4 is 11.9 Å². The second kappa shape index (κ2) is 4.26. The molecule has 7 heteroatoms. The lowest BCUT2D eigenvalue weighted by Gasteiger charge is -2.00. The molecule has 0 spiro atoms. The summed E-state index contributed by atoms with van der Waals surface area (Å²) in [4.78, 5) is 22.6. The van der Waals surface area contributed by atoms with Gasteiger partial charge >= 0.3 is 5.97 Å². The van der Waals surface area contributed by atoms with Crippen LogP contribution in [-0.2, 0) is 9.59 Å². The molecule has 0 aliphatic rings. The number of nitrogens with zero attached hydrogens (tertiary/aromatic N) is 3. The molecule has 0 fully saturated rings. The number of rotatable bonds is 3. The van der Waals surface area contributed by atoms with Crippen LogP contribution in [0.15, 0.2) is 5.11 Å². The maximum Gasteiger partial charge on any atom is 0.305 e. The number of amides is 1. The standard InChI is InChI=1S/C4H6N4O3/c5-2(1-3(9)10)4(11)7-8-6/h2H,1,5H2,(H,9,10)/t2-/m0/s1. The molecule has 0 radical (unpaired) electrons. The molecule has 0 aliphatic heterocycles. The van der Waals surface area contributed by atoms with Crippen LogP contribution in [0.2, 0.25) is 0 Å². The molecular weight excluding hydrogens is 152 g/mol. The lowest BCUT2D eigenvalue weighted by atomic mass is 10.2. The Balaban J connectivity index is 4.02. The molecule has 0 aromatic carbocycles. The summed E-state index contributed by atoms with van der Waals surface area (Å²) in [7, 11) is 0. The van der Waals surface area contributed by atoms with Crippen LogP contribution < -0.4 is 5.73 Å². The van der Waals surface area contributed by atoms with E-state index in [0.29, 0.717) is 0 Å². The van der Waals surface area contributed by atoms with Gasteiger partial charge in [0.1, 0.15) is 0 Å². The summed E-state index contributed by atoms with van der Waals surface area (Å²) in [6.07, 6.45) is -0.530. The average molecular weight is 158 g/mol. The maximum absolute atomic E-state index is 10.5. The number of aliphatic carboxylic acids is 1. The Kier molecular flexibility index (Phi) is 3.65. The summed E-state index contributed by atoms with van der Waals surface area (Å²) in [6.45, 7) is 0. The highest BCUT2D eigenvalue weighted by Crippen LogP contribution is 1.91. The first-order valence-corrected chi connectivity index (χ1v) is 2.64. The zero-order valence-corrected chi connectivity index (χ0v) is 5.47. The van der Waals surface area contributed by atoms with Gasteiger partial charge in [-0.25, -0.2) is 0 Å². The minimum Gasteiger partial charge on any atom is -0.481 e. The zero-order chi connectivity index (χ0) is 8.85. The molecule has 0 rings (SSSR count). The van der Waals surface area contributed by atoms with Gasteiger partial charge in [-0.15, -0.1) is 0 Å². The summed E-state index contributed by atoms with van der Waals surface area (Å²) in [6, 6.07) is -1.25. The molecule has 0 aromatic heterocycles. The molecule has 0 bridgehead atoms. The number of azide groups is 1. The number of hydrogen-bond acceptors (Lipinski definition) is 3. The summed E-state index contributed by atoms with van der Waals surface area (Å²) < 4.78 is 0. The van der Waals surface area contributed by atoms with Gasteiger partial charge in [-0.1, -0.05) is 0 Å². The van der Waals surface area contributed by atoms with Gasteiger partial charge in [-0.05, 0) is 10.6 Å². The molecule has 60 valence electrons. The summed E-state index contributed by atoms with van der Waals surface area (Å²) in [5.41, 5.74) is 12.8. The monoisotopic (exact) mass is 158 g/mol. The minimum absolute atomic E-state index is 0.530. The van der Waals surface area contributed by atoms with Gasteiger partial charge in [0.05, 0.1) is 12.5 Å². The SMILES string of the molecule is [N-]=[N+]=NC(=O)[C@@H](N)CC(=O)O. The molecule has 0 aliphatic carbocycles. The van der Waals surface area contributed by atoms with E-state index in [1.807, 2.05) is 0 Å². The normalized spacial score (nSPS) is 11.4. The fraction of sp³-hybridized carbons (Fsp3) is 0.500. The molecule has 7 nitrogen and oxygen atoms in total. The van der Waals surface area contributed by atoms with E-state index in [4.69, 9.17) is 16.4 Å². The highest BCUT2D eigenvalue weighted by molar-refractivity contribution is 5.86. The predicted molar refractivity (Wildman–Crippen MR) is 34.4 cm³/mol. The number of nitrogens with two attached hydrogens (primary N) is 1. The Hall–Kier alpha value is -1.59. The van der Waals surface area contributed by atoms with Crippen molar-refractivity contribution in [1.82, 2.24) is 0 Å². The van der Waals surface area contributed by atoms with Crippen LogP contribution in [0.5, 0.6) is 0 Å². The predicted octanol–water partition coefficient (Wildman–Crippen LogP) is -0.375. The van der Waals surface area contributed by atoms with E-state index >= 15 is 0 Å². The van der Waals surface area contributed by atoms with Crippen LogP contribution in [0.3, 0.4) is 0 Å². The first-order chi connectivity index (χ1) is 5.07. The van der Waals surface area contributed by atoms with Gasteiger partial charge in [0.25, 0.3) is 0 Å². The number of hydrogen-bond donors (Lipinski definition) is 2. The van der Waals surface area contributed by atoms with E-state index in [1.165, 1.54) is 0 Å². The lowest BCUT2D eigenvalue weighted by Crippen LogP contribution is -2.31. The summed E-state index contributed by atoms with van der Waals surface area (Å²) in [5.74, 6) is -2.17. The third kappa shape index (κ3) is 3.90. The van der Waals surface area contributed by atoms with E-state index in [2.05, 4.69) is 10.0 Å². The Morgan fingerprint density at radius 1 is 1.73 bits per heavy atom. The van der Waals surface area contributed by atoms with Gasteiger partial charge in [0, 0.05) is 4.91 Å². The van der Waals surface area contributed by atoms with Crippen molar-refractivity contribution < 1.29 is 14.7 Å². The Morgan fingerprint density at radius 2 is 2.27 bits per heavy atom. The van der Waals surface area contributed by atoms with E-state index < -0.39 is 24.3 Å². The second-order valence-electron chi connectivity index (χ2n) is 1.73. The first-order valence-electron chi connectivity index (χ1n) is 2.64. The second-order valence-corrected chi connectivity index (χ2v) is 1.73. The van der Waals surface area contributed by atoms with Crippen molar-refractivity contribution in [3.05, 3.63) is 10.4 Å². The van der Waals surface area contributed by atoms with Crippen LogP contribution in [0.25, 0.3) is 10.4 Å². The molecular formula is C4H6N4O3. The van der Waals surface area contributed by atoms with Crippen LogP contribution in [0.1, 0.15) is 6.42 Å². The smallest absolute Gasteiger partial charge is 0.305 e. The van der Waals surface area contributed by atoms with Gasteiger partial charge in [-0.2, -0.15) is 0 Å². The van der Waals surface area contributed by atoms with Crippen LogP contribution in [-0.4, -0.2) is 23.0 Å². The number of carbonyl (C=O) groups is 2. The largest absolute Gasteiger partial charge is 0.481 e. The van der Waals surface area contributed by atoms with E-state index in [0.717, 1.165) is 0 Å². The quantitative estimate of drug-likeness (QED) is 0.329. The topological polar surface area (TPSA) is 129 Å². The van der Waals surface area contributed by atoms with Crippen LogP contribution in [0, 0.1) is 0 Å². The Bertz CT molecular complexity index is 219. The molecule has 0 heterocycles. The average Bonchev–Trinajstić information content (AvgIpc) is 1.86. The molecule has 0 aromatic rings. The van der Waals surface area contributed by atoms with E-state index in [1.54, 1.807) is 0 Å².